The molecule has 128 valence electrons. The fraction of sp³-hybridized carbons (Fsp3) is 0.368. The Morgan fingerprint density at radius 2 is 2.24 bits per heavy atom. The summed E-state index contributed by atoms with van der Waals surface area (Å²) in [5, 5.41) is 9.03. The Labute approximate surface area is 147 Å². The molecule has 1 aromatic carbocycles. The number of benzene rings is 1. The second kappa shape index (κ2) is 7.75. The van der Waals surface area contributed by atoms with Gasteiger partial charge in [-0.15, -0.1) is 0 Å². The highest BCUT2D eigenvalue weighted by atomic mass is 16.5. The Bertz CT molecular complexity index is 800. The van der Waals surface area contributed by atoms with Crippen LogP contribution in [0.15, 0.2) is 36.7 Å². The first kappa shape index (κ1) is 16.9. The van der Waals surface area contributed by atoms with Crippen molar-refractivity contribution in [1.82, 2.24) is 14.9 Å². The van der Waals surface area contributed by atoms with Gasteiger partial charge in [0, 0.05) is 31.8 Å². The molecule has 6 nitrogen and oxygen atoms in total. The average Bonchev–Trinajstić information content (AvgIpc) is 3.09. The van der Waals surface area contributed by atoms with Crippen molar-refractivity contribution in [2.24, 2.45) is 0 Å². The molecule has 0 bridgehead atoms. The number of nitrogens with zero attached hydrogens (tertiary/aromatic N) is 4. The van der Waals surface area contributed by atoms with Crippen molar-refractivity contribution in [2.75, 3.05) is 13.1 Å². The molecule has 0 spiro atoms. The van der Waals surface area contributed by atoms with Crippen LogP contribution in [0.5, 0.6) is 5.88 Å². The lowest BCUT2D eigenvalue weighted by Crippen LogP contribution is -2.31. The minimum absolute atomic E-state index is 0.132. The zero-order valence-corrected chi connectivity index (χ0v) is 14.2. The van der Waals surface area contributed by atoms with Crippen LogP contribution in [0.25, 0.3) is 0 Å². The fourth-order valence-corrected chi connectivity index (χ4v) is 2.97. The van der Waals surface area contributed by atoms with Crippen molar-refractivity contribution < 1.29 is 9.53 Å². The van der Waals surface area contributed by atoms with E-state index in [0.717, 1.165) is 12.8 Å². The van der Waals surface area contributed by atoms with Crippen LogP contribution in [0.4, 0.5) is 0 Å². The number of nitriles is 1. The summed E-state index contributed by atoms with van der Waals surface area (Å²) in [6, 6.07) is 10.2. The number of aromatic nitrogens is 2. The highest BCUT2D eigenvalue weighted by Crippen LogP contribution is 2.19. The van der Waals surface area contributed by atoms with E-state index in [1.54, 1.807) is 0 Å². The van der Waals surface area contributed by atoms with E-state index >= 15 is 0 Å². The molecular weight excluding hydrogens is 316 g/mol. The number of aryl methyl sites for hydroxylation is 2. The average molecular weight is 336 g/mol. The first-order chi connectivity index (χ1) is 12.2. The molecule has 1 fully saturated rings. The van der Waals surface area contributed by atoms with Crippen LogP contribution in [0.1, 0.15) is 29.7 Å². The summed E-state index contributed by atoms with van der Waals surface area (Å²) in [6.45, 7) is 3.24. The van der Waals surface area contributed by atoms with Gasteiger partial charge in [-0.25, -0.2) is 9.97 Å². The van der Waals surface area contributed by atoms with Crippen molar-refractivity contribution in [3.05, 3.63) is 53.5 Å². The van der Waals surface area contributed by atoms with E-state index < -0.39 is 0 Å². The summed E-state index contributed by atoms with van der Waals surface area (Å²) < 4.78 is 5.77. The van der Waals surface area contributed by atoms with Crippen LogP contribution < -0.4 is 4.74 Å². The van der Waals surface area contributed by atoms with Gasteiger partial charge in [-0.1, -0.05) is 29.8 Å². The number of carbonyl (C=O) groups is 1. The lowest BCUT2D eigenvalue weighted by atomic mass is 10.1. The van der Waals surface area contributed by atoms with Gasteiger partial charge in [0.1, 0.15) is 12.2 Å². The Kier molecular flexibility index (Phi) is 5.24. The molecule has 3 rings (SSSR count). The lowest BCUT2D eigenvalue weighted by molar-refractivity contribution is -0.130. The van der Waals surface area contributed by atoms with E-state index in [0.29, 0.717) is 19.5 Å². The fourth-order valence-electron chi connectivity index (χ4n) is 2.97. The number of likely N-dealkylation sites (tertiary alicyclic amines) is 1. The van der Waals surface area contributed by atoms with Crippen molar-refractivity contribution in [3.63, 3.8) is 0 Å². The molecule has 6 heteroatoms. The largest absolute Gasteiger partial charge is 0.470 e. The van der Waals surface area contributed by atoms with Crippen LogP contribution in [-0.4, -0.2) is 40.0 Å². The van der Waals surface area contributed by atoms with Crippen LogP contribution in [0.3, 0.4) is 0 Å². The van der Waals surface area contributed by atoms with E-state index in [4.69, 9.17) is 10.00 Å². The minimum atomic E-state index is -0.147. The number of amides is 1. The highest BCUT2D eigenvalue weighted by molar-refractivity contribution is 5.76. The Hall–Kier alpha value is -2.94. The predicted octanol–water partition coefficient (Wildman–Crippen LogP) is 2.27. The van der Waals surface area contributed by atoms with Crippen LogP contribution in [0, 0.1) is 18.3 Å². The monoisotopic (exact) mass is 336 g/mol. The Balaban J connectivity index is 1.52. The SMILES string of the molecule is Cc1cccc(CCC(=O)N2CCC(Oc3nccnc3C#N)C2)c1. The van der Waals surface area contributed by atoms with Gasteiger partial charge in [0.2, 0.25) is 11.6 Å². The molecule has 1 aromatic heterocycles. The maximum absolute atomic E-state index is 12.4. The molecule has 2 heterocycles. The zero-order valence-electron chi connectivity index (χ0n) is 14.2. The van der Waals surface area contributed by atoms with Gasteiger partial charge in [0.25, 0.3) is 5.88 Å². The van der Waals surface area contributed by atoms with Gasteiger partial charge in [0.15, 0.2) is 0 Å². The Morgan fingerprint density at radius 3 is 3.04 bits per heavy atom. The lowest BCUT2D eigenvalue weighted by Gasteiger charge is -2.17. The molecule has 1 unspecified atom stereocenters. The number of rotatable bonds is 5. The van der Waals surface area contributed by atoms with E-state index in [9.17, 15) is 4.79 Å². The molecule has 1 atom stereocenters. The smallest absolute Gasteiger partial charge is 0.251 e. The first-order valence-electron chi connectivity index (χ1n) is 8.37. The van der Waals surface area contributed by atoms with Gasteiger partial charge in [-0.2, -0.15) is 5.26 Å². The molecule has 1 aliphatic heterocycles. The number of ether oxygens (including phenoxy) is 1. The molecule has 0 N–H and O–H groups in total. The molecule has 0 aliphatic carbocycles. The van der Waals surface area contributed by atoms with Gasteiger partial charge in [0.05, 0.1) is 6.54 Å². The molecule has 1 saturated heterocycles. The normalized spacial score (nSPS) is 16.5. The number of carbonyl (C=O) groups excluding carboxylic acids is 1. The Morgan fingerprint density at radius 1 is 1.40 bits per heavy atom. The second-order valence-corrected chi connectivity index (χ2v) is 6.18. The van der Waals surface area contributed by atoms with Gasteiger partial charge in [-0.05, 0) is 18.9 Å². The summed E-state index contributed by atoms with van der Waals surface area (Å²) >= 11 is 0. The highest BCUT2D eigenvalue weighted by Gasteiger charge is 2.28. The van der Waals surface area contributed by atoms with Crippen molar-refractivity contribution in [1.29, 1.82) is 5.26 Å². The van der Waals surface area contributed by atoms with Crippen molar-refractivity contribution >= 4 is 5.91 Å². The van der Waals surface area contributed by atoms with Gasteiger partial charge in [-0.3, -0.25) is 4.79 Å². The molecule has 1 amide bonds. The molecule has 0 radical (unpaired) electrons. The third-order valence-electron chi connectivity index (χ3n) is 4.26. The first-order valence-corrected chi connectivity index (χ1v) is 8.37. The molecular formula is C19H20N4O2. The standard InChI is InChI=1S/C19H20N4O2/c1-14-3-2-4-15(11-14)5-6-18(24)23-10-7-16(13-23)25-19-17(12-20)21-8-9-22-19/h2-4,8-9,11,16H,5-7,10,13H2,1H3. The van der Waals surface area contributed by atoms with E-state index in [-0.39, 0.29) is 23.6 Å². The summed E-state index contributed by atoms with van der Waals surface area (Å²) in [5.41, 5.74) is 2.56. The van der Waals surface area contributed by atoms with Crippen molar-refractivity contribution in [3.8, 4) is 11.9 Å². The maximum atomic E-state index is 12.4. The van der Waals surface area contributed by atoms with Crippen LogP contribution >= 0.6 is 0 Å². The third-order valence-corrected chi connectivity index (χ3v) is 4.26. The van der Waals surface area contributed by atoms with E-state index in [1.807, 2.05) is 23.1 Å². The summed E-state index contributed by atoms with van der Waals surface area (Å²) in [5.74, 6) is 0.372. The van der Waals surface area contributed by atoms with Crippen LogP contribution in [0.2, 0.25) is 0 Å². The molecule has 1 aliphatic rings. The quantitative estimate of drug-likeness (QED) is 0.837. The maximum Gasteiger partial charge on any atom is 0.251 e. The summed E-state index contributed by atoms with van der Waals surface area (Å²) in [7, 11) is 0. The second-order valence-electron chi connectivity index (χ2n) is 6.18. The van der Waals surface area contributed by atoms with Crippen LogP contribution in [-0.2, 0) is 11.2 Å². The zero-order chi connectivity index (χ0) is 17.6. The van der Waals surface area contributed by atoms with Crippen molar-refractivity contribution in [2.45, 2.75) is 32.3 Å². The summed E-state index contributed by atoms with van der Waals surface area (Å²) in [4.78, 5) is 22.2. The summed E-state index contributed by atoms with van der Waals surface area (Å²) in [6.07, 6.45) is 4.77. The van der Waals surface area contributed by atoms with E-state index in [2.05, 4.69) is 29.0 Å². The molecule has 0 saturated carbocycles. The molecule has 25 heavy (non-hydrogen) atoms. The number of hydrogen-bond acceptors (Lipinski definition) is 5. The van der Waals surface area contributed by atoms with Gasteiger partial charge < -0.3 is 9.64 Å². The van der Waals surface area contributed by atoms with E-state index in [1.165, 1.54) is 23.5 Å². The molecule has 2 aromatic rings. The predicted molar refractivity (Wildman–Crippen MR) is 91.9 cm³/mol. The topological polar surface area (TPSA) is 79.1 Å². The minimum Gasteiger partial charge on any atom is -0.470 e. The third kappa shape index (κ3) is 4.32. The number of hydrogen-bond donors (Lipinski definition) is 0. The van der Waals surface area contributed by atoms with Gasteiger partial charge >= 0.3 is 0 Å².